The number of hydrogen-bond acceptors (Lipinski definition) is 2. The molecule has 0 amide bonds. The Morgan fingerprint density at radius 2 is 2.06 bits per heavy atom. The van der Waals surface area contributed by atoms with Gasteiger partial charge in [0.25, 0.3) is 0 Å². The minimum Gasteiger partial charge on any atom is -0.297 e. The van der Waals surface area contributed by atoms with Gasteiger partial charge in [-0.15, -0.1) is 0 Å². The van der Waals surface area contributed by atoms with Gasteiger partial charge in [0.1, 0.15) is 0 Å². The molecule has 0 aromatic carbocycles. The van der Waals surface area contributed by atoms with Crippen LogP contribution in [-0.4, -0.2) is 17.2 Å². The second-order valence-corrected chi connectivity index (χ2v) is 4.49. The molecule has 0 N–H and O–H groups in total. The van der Waals surface area contributed by atoms with E-state index >= 15 is 0 Å². The molecular formula is C13H15F2NO. The fourth-order valence-corrected chi connectivity index (χ4v) is 2.12. The van der Waals surface area contributed by atoms with Crippen molar-refractivity contribution in [3.05, 3.63) is 29.1 Å². The quantitative estimate of drug-likeness (QED) is 0.756. The van der Waals surface area contributed by atoms with Gasteiger partial charge in [-0.1, -0.05) is 6.07 Å². The van der Waals surface area contributed by atoms with Gasteiger partial charge in [0.05, 0.1) is 0 Å². The number of halogens is 2. The van der Waals surface area contributed by atoms with Crippen molar-refractivity contribution in [3.63, 3.8) is 0 Å². The number of alkyl halides is 2. The highest BCUT2D eigenvalue weighted by Gasteiger charge is 2.27. The lowest BCUT2D eigenvalue weighted by molar-refractivity contribution is -0.129. The highest BCUT2D eigenvalue weighted by Crippen LogP contribution is 2.22. The summed E-state index contributed by atoms with van der Waals surface area (Å²) in [5, 5.41) is 0. The highest BCUT2D eigenvalue weighted by molar-refractivity contribution is 5.59. The molecule has 2 rings (SSSR count). The Hall–Kier alpha value is -1.32. The van der Waals surface area contributed by atoms with E-state index in [2.05, 4.69) is 4.98 Å². The van der Waals surface area contributed by atoms with Crippen molar-refractivity contribution >= 4 is 6.29 Å². The SMILES string of the molecule is O=CC(F)(F)CCc1ccc2c(n1)CCCC2. The maximum atomic E-state index is 12.8. The van der Waals surface area contributed by atoms with Crippen LogP contribution in [0.2, 0.25) is 0 Å². The maximum Gasteiger partial charge on any atom is 0.302 e. The van der Waals surface area contributed by atoms with Gasteiger partial charge >= 0.3 is 5.92 Å². The lowest BCUT2D eigenvalue weighted by Gasteiger charge is -2.16. The van der Waals surface area contributed by atoms with Crippen molar-refractivity contribution in [3.8, 4) is 0 Å². The summed E-state index contributed by atoms with van der Waals surface area (Å²) in [5.74, 6) is -3.22. The number of aldehydes is 1. The van der Waals surface area contributed by atoms with Gasteiger partial charge in [-0.25, -0.2) is 0 Å². The number of nitrogens with zero attached hydrogens (tertiary/aromatic N) is 1. The number of aromatic nitrogens is 1. The summed E-state index contributed by atoms with van der Waals surface area (Å²) in [6.45, 7) is 0. The van der Waals surface area contributed by atoms with Crippen LogP contribution in [0.5, 0.6) is 0 Å². The molecule has 0 fully saturated rings. The van der Waals surface area contributed by atoms with E-state index in [1.54, 1.807) is 6.07 Å². The van der Waals surface area contributed by atoms with Crippen LogP contribution in [0.3, 0.4) is 0 Å². The Morgan fingerprint density at radius 3 is 2.82 bits per heavy atom. The summed E-state index contributed by atoms with van der Waals surface area (Å²) >= 11 is 0. The van der Waals surface area contributed by atoms with E-state index in [0.29, 0.717) is 5.69 Å². The van der Waals surface area contributed by atoms with E-state index in [0.717, 1.165) is 25.0 Å². The first kappa shape index (κ1) is 12.1. The Kier molecular flexibility index (Phi) is 3.50. The Balaban J connectivity index is 2.05. The Bertz CT molecular complexity index is 418. The molecule has 1 aromatic rings. The smallest absolute Gasteiger partial charge is 0.297 e. The van der Waals surface area contributed by atoms with Gasteiger partial charge in [0, 0.05) is 17.8 Å². The fourth-order valence-electron chi connectivity index (χ4n) is 2.12. The summed E-state index contributed by atoms with van der Waals surface area (Å²) in [4.78, 5) is 14.5. The number of carbonyl (C=O) groups is 1. The summed E-state index contributed by atoms with van der Waals surface area (Å²) in [6.07, 6.45) is 3.68. The first-order valence-electron chi connectivity index (χ1n) is 5.92. The molecule has 1 aliphatic carbocycles. The normalized spacial score (nSPS) is 15.4. The van der Waals surface area contributed by atoms with Gasteiger partial charge in [0.15, 0.2) is 6.29 Å². The summed E-state index contributed by atoms with van der Waals surface area (Å²) in [7, 11) is 0. The van der Waals surface area contributed by atoms with Crippen molar-refractivity contribution < 1.29 is 13.6 Å². The summed E-state index contributed by atoms with van der Waals surface area (Å²) < 4.78 is 25.6. The molecule has 0 atom stereocenters. The molecule has 1 aliphatic rings. The molecule has 17 heavy (non-hydrogen) atoms. The third-order valence-electron chi connectivity index (χ3n) is 3.12. The standard InChI is InChI=1S/C13H15F2NO/c14-13(15,9-17)8-7-11-6-5-10-3-1-2-4-12(10)16-11/h5-6,9H,1-4,7-8H2. The minimum absolute atomic E-state index is 0.152. The van der Waals surface area contributed by atoms with Crippen LogP contribution in [0.4, 0.5) is 8.78 Å². The lowest BCUT2D eigenvalue weighted by Crippen LogP contribution is -2.19. The van der Waals surface area contributed by atoms with E-state index in [1.165, 1.54) is 12.0 Å². The third-order valence-corrected chi connectivity index (χ3v) is 3.12. The predicted molar refractivity (Wildman–Crippen MR) is 60.2 cm³/mol. The van der Waals surface area contributed by atoms with Crippen LogP contribution >= 0.6 is 0 Å². The van der Waals surface area contributed by atoms with Crippen LogP contribution in [0, 0.1) is 0 Å². The molecule has 0 spiro atoms. The van der Waals surface area contributed by atoms with Gasteiger partial charge in [-0.3, -0.25) is 9.78 Å². The van der Waals surface area contributed by atoms with Crippen LogP contribution in [0.15, 0.2) is 12.1 Å². The molecular weight excluding hydrogens is 224 g/mol. The third kappa shape index (κ3) is 3.08. The van der Waals surface area contributed by atoms with Gasteiger partial charge in [-0.05, 0) is 43.7 Å². The van der Waals surface area contributed by atoms with Gasteiger partial charge in [-0.2, -0.15) is 8.78 Å². The van der Waals surface area contributed by atoms with E-state index in [4.69, 9.17) is 0 Å². The molecule has 0 aliphatic heterocycles. The summed E-state index contributed by atoms with van der Waals surface area (Å²) in [6, 6.07) is 3.78. The molecule has 1 aromatic heterocycles. The maximum absolute atomic E-state index is 12.8. The van der Waals surface area contributed by atoms with Crippen molar-refractivity contribution in [1.82, 2.24) is 4.98 Å². The molecule has 0 bridgehead atoms. The van der Waals surface area contributed by atoms with Crippen LogP contribution in [0.25, 0.3) is 0 Å². The molecule has 2 nitrogen and oxygen atoms in total. The number of hydrogen-bond donors (Lipinski definition) is 0. The van der Waals surface area contributed by atoms with Crippen LogP contribution in [0.1, 0.15) is 36.2 Å². The number of aryl methyl sites for hydroxylation is 3. The monoisotopic (exact) mass is 239 g/mol. The molecule has 92 valence electrons. The number of pyridine rings is 1. The van der Waals surface area contributed by atoms with Crippen molar-refractivity contribution in [2.45, 2.75) is 44.4 Å². The number of rotatable bonds is 4. The second-order valence-electron chi connectivity index (χ2n) is 4.49. The Labute approximate surface area is 99.1 Å². The molecule has 1 heterocycles. The van der Waals surface area contributed by atoms with Crippen molar-refractivity contribution in [2.75, 3.05) is 0 Å². The van der Waals surface area contributed by atoms with Crippen LogP contribution in [-0.2, 0) is 24.1 Å². The highest BCUT2D eigenvalue weighted by atomic mass is 19.3. The first-order valence-corrected chi connectivity index (χ1v) is 5.92. The largest absolute Gasteiger partial charge is 0.302 e. The van der Waals surface area contributed by atoms with E-state index in [9.17, 15) is 13.6 Å². The molecule has 0 saturated heterocycles. The van der Waals surface area contributed by atoms with Crippen molar-refractivity contribution in [2.24, 2.45) is 0 Å². The van der Waals surface area contributed by atoms with Gasteiger partial charge in [0.2, 0.25) is 0 Å². The van der Waals surface area contributed by atoms with Gasteiger partial charge < -0.3 is 0 Å². The van der Waals surface area contributed by atoms with E-state index in [-0.39, 0.29) is 12.7 Å². The topological polar surface area (TPSA) is 30.0 Å². The zero-order chi connectivity index (χ0) is 12.3. The van der Waals surface area contributed by atoms with Crippen LogP contribution < -0.4 is 0 Å². The summed E-state index contributed by atoms with van der Waals surface area (Å²) in [5.41, 5.74) is 2.94. The molecule has 4 heteroatoms. The zero-order valence-corrected chi connectivity index (χ0v) is 9.59. The van der Waals surface area contributed by atoms with Crippen molar-refractivity contribution in [1.29, 1.82) is 0 Å². The molecule has 0 saturated carbocycles. The first-order chi connectivity index (χ1) is 8.11. The fraction of sp³-hybridized carbons (Fsp3) is 0.538. The average Bonchev–Trinajstić information content (AvgIpc) is 2.36. The lowest BCUT2D eigenvalue weighted by atomic mass is 9.95. The number of carbonyl (C=O) groups excluding carboxylic acids is 1. The second kappa shape index (κ2) is 4.90. The molecule has 0 unspecified atom stereocenters. The minimum atomic E-state index is -3.22. The predicted octanol–water partition coefficient (Wildman–Crippen LogP) is 2.73. The molecule has 0 radical (unpaired) electrons. The number of fused-ring (bicyclic) bond motifs is 1. The zero-order valence-electron chi connectivity index (χ0n) is 9.59. The van der Waals surface area contributed by atoms with E-state index in [1.807, 2.05) is 6.07 Å². The average molecular weight is 239 g/mol. The Morgan fingerprint density at radius 1 is 1.29 bits per heavy atom. The van der Waals surface area contributed by atoms with E-state index < -0.39 is 12.3 Å².